The number of fused-ring (bicyclic) bond motifs is 2. The first-order chi connectivity index (χ1) is 10.3. The molecule has 1 fully saturated rings. The summed E-state index contributed by atoms with van der Waals surface area (Å²) in [6, 6.07) is 16.2. The zero-order valence-corrected chi connectivity index (χ0v) is 12.2. The third-order valence-corrected chi connectivity index (χ3v) is 4.39. The van der Waals surface area contributed by atoms with E-state index in [2.05, 4.69) is 17.4 Å². The van der Waals surface area contributed by atoms with E-state index in [1.54, 1.807) is 0 Å². The molecular weight excluding hydrogens is 286 g/mol. The Morgan fingerprint density at radius 3 is 2.81 bits per heavy atom. The Morgan fingerprint density at radius 2 is 1.95 bits per heavy atom. The van der Waals surface area contributed by atoms with Crippen molar-refractivity contribution in [3.8, 4) is 5.75 Å². The third-order valence-electron chi connectivity index (χ3n) is 4.16. The van der Waals surface area contributed by atoms with Gasteiger partial charge in [-0.3, -0.25) is 0 Å². The topological polar surface area (TPSA) is 30.5 Å². The molecule has 0 aromatic heterocycles. The molecule has 0 amide bonds. The molecule has 2 aliphatic heterocycles. The summed E-state index contributed by atoms with van der Waals surface area (Å²) in [6.07, 6.45) is 0.820. The van der Waals surface area contributed by atoms with Crippen LogP contribution in [-0.4, -0.2) is 12.9 Å². The van der Waals surface area contributed by atoms with Crippen LogP contribution in [0.15, 0.2) is 48.5 Å². The molecule has 3 atom stereocenters. The Hall–Kier alpha value is -1.71. The summed E-state index contributed by atoms with van der Waals surface area (Å²) in [5, 5.41) is 4.35. The van der Waals surface area contributed by atoms with Gasteiger partial charge in [-0.25, -0.2) is 0 Å². The fourth-order valence-electron chi connectivity index (χ4n) is 3.15. The highest BCUT2D eigenvalue weighted by Crippen LogP contribution is 2.45. The van der Waals surface area contributed by atoms with Gasteiger partial charge in [-0.2, -0.15) is 0 Å². The Bertz CT molecular complexity index is 646. The second-order valence-electron chi connectivity index (χ2n) is 5.48. The SMILES string of the molecule is Clc1ccc2c(c1)[C@H](Nc1ccccc1)[C@H]1CCO[C@H]1O2. The number of anilines is 1. The smallest absolute Gasteiger partial charge is 0.205 e. The number of ether oxygens (including phenoxy) is 2. The number of benzene rings is 2. The van der Waals surface area contributed by atoms with Crippen molar-refractivity contribution in [2.45, 2.75) is 18.8 Å². The molecule has 4 heteroatoms. The Balaban J connectivity index is 1.74. The van der Waals surface area contributed by atoms with Crippen molar-refractivity contribution in [1.82, 2.24) is 0 Å². The van der Waals surface area contributed by atoms with Crippen molar-refractivity contribution in [3.05, 3.63) is 59.1 Å². The largest absolute Gasteiger partial charge is 0.464 e. The van der Waals surface area contributed by atoms with Gasteiger partial charge in [0.25, 0.3) is 0 Å². The Morgan fingerprint density at radius 1 is 1.10 bits per heavy atom. The van der Waals surface area contributed by atoms with E-state index in [-0.39, 0.29) is 12.3 Å². The maximum atomic E-state index is 6.17. The molecule has 0 saturated carbocycles. The number of rotatable bonds is 2. The lowest BCUT2D eigenvalue weighted by molar-refractivity contribution is -0.0747. The molecule has 0 bridgehead atoms. The number of nitrogens with one attached hydrogen (secondary N) is 1. The summed E-state index contributed by atoms with van der Waals surface area (Å²) < 4.78 is 11.7. The van der Waals surface area contributed by atoms with E-state index >= 15 is 0 Å². The standard InChI is InChI=1S/C17H16ClNO2/c18-11-6-7-15-14(10-11)16(13-8-9-20-17(13)21-15)19-12-4-2-1-3-5-12/h1-7,10,13,16-17,19H,8-9H2/t13-,16-,17+/m1/s1. The van der Waals surface area contributed by atoms with Gasteiger partial charge >= 0.3 is 0 Å². The van der Waals surface area contributed by atoms with Crippen LogP contribution in [0, 0.1) is 5.92 Å². The van der Waals surface area contributed by atoms with Crippen LogP contribution in [0.2, 0.25) is 5.02 Å². The van der Waals surface area contributed by atoms with Crippen LogP contribution < -0.4 is 10.1 Å². The minimum atomic E-state index is -0.167. The summed E-state index contributed by atoms with van der Waals surface area (Å²) in [6.45, 7) is 0.740. The van der Waals surface area contributed by atoms with Gasteiger partial charge in [0.2, 0.25) is 6.29 Å². The molecule has 1 saturated heterocycles. The lowest BCUT2D eigenvalue weighted by atomic mass is 9.88. The molecule has 2 heterocycles. The quantitative estimate of drug-likeness (QED) is 0.899. The molecule has 0 unspecified atom stereocenters. The highest BCUT2D eigenvalue weighted by atomic mass is 35.5. The van der Waals surface area contributed by atoms with E-state index in [0.29, 0.717) is 5.92 Å². The van der Waals surface area contributed by atoms with E-state index in [0.717, 1.165) is 35.1 Å². The molecule has 0 radical (unpaired) electrons. The molecule has 21 heavy (non-hydrogen) atoms. The second kappa shape index (κ2) is 5.24. The van der Waals surface area contributed by atoms with Gasteiger partial charge in [0.05, 0.1) is 12.6 Å². The average molecular weight is 302 g/mol. The number of hydrogen-bond donors (Lipinski definition) is 1. The monoisotopic (exact) mass is 301 g/mol. The highest BCUT2D eigenvalue weighted by molar-refractivity contribution is 6.30. The molecule has 0 spiro atoms. The molecule has 1 N–H and O–H groups in total. The summed E-state index contributed by atoms with van der Waals surface area (Å²) >= 11 is 6.17. The predicted octanol–water partition coefficient (Wildman–Crippen LogP) is 4.25. The fourth-order valence-corrected chi connectivity index (χ4v) is 3.33. The minimum Gasteiger partial charge on any atom is -0.464 e. The average Bonchev–Trinajstić information content (AvgIpc) is 2.97. The lowest BCUT2D eigenvalue weighted by Crippen LogP contribution is -2.36. The summed E-state index contributed by atoms with van der Waals surface area (Å²) in [4.78, 5) is 0. The number of halogens is 1. The van der Waals surface area contributed by atoms with Crippen LogP contribution in [0.25, 0.3) is 0 Å². The van der Waals surface area contributed by atoms with Crippen LogP contribution in [0.4, 0.5) is 5.69 Å². The molecule has 2 aliphatic rings. The van der Waals surface area contributed by atoms with Crippen molar-refractivity contribution < 1.29 is 9.47 Å². The number of para-hydroxylation sites is 1. The maximum absolute atomic E-state index is 6.17. The summed E-state index contributed by atoms with van der Waals surface area (Å²) in [5.74, 6) is 1.16. The van der Waals surface area contributed by atoms with Gasteiger partial charge in [-0.05, 0) is 36.8 Å². The molecule has 4 rings (SSSR count). The van der Waals surface area contributed by atoms with Crippen molar-refractivity contribution in [2.75, 3.05) is 11.9 Å². The van der Waals surface area contributed by atoms with Gasteiger partial charge in [-0.1, -0.05) is 29.8 Å². The van der Waals surface area contributed by atoms with E-state index in [9.17, 15) is 0 Å². The molecule has 2 aromatic rings. The first-order valence-corrected chi connectivity index (χ1v) is 7.58. The first-order valence-electron chi connectivity index (χ1n) is 7.20. The Labute approximate surface area is 128 Å². The summed E-state index contributed by atoms with van der Waals surface area (Å²) in [5.41, 5.74) is 2.21. The first kappa shape index (κ1) is 13.0. The molecule has 2 aromatic carbocycles. The highest BCUT2D eigenvalue weighted by Gasteiger charge is 2.42. The normalized spacial score (nSPS) is 26.6. The van der Waals surface area contributed by atoms with Gasteiger partial charge in [-0.15, -0.1) is 0 Å². The molecule has 3 nitrogen and oxygen atoms in total. The number of hydrogen-bond acceptors (Lipinski definition) is 3. The van der Waals surface area contributed by atoms with Gasteiger partial charge in [0.15, 0.2) is 0 Å². The maximum Gasteiger partial charge on any atom is 0.205 e. The van der Waals surface area contributed by atoms with E-state index in [1.165, 1.54) is 0 Å². The van der Waals surface area contributed by atoms with Gasteiger partial charge < -0.3 is 14.8 Å². The summed E-state index contributed by atoms with van der Waals surface area (Å²) in [7, 11) is 0. The minimum absolute atomic E-state index is 0.155. The molecule has 0 aliphatic carbocycles. The van der Waals surface area contributed by atoms with E-state index < -0.39 is 0 Å². The predicted molar refractivity (Wildman–Crippen MR) is 82.7 cm³/mol. The molecular formula is C17H16ClNO2. The van der Waals surface area contributed by atoms with Crippen LogP contribution in [0.5, 0.6) is 5.75 Å². The van der Waals surface area contributed by atoms with Crippen LogP contribution in [-0.2, 0) is 4.74 Å². The third kappa shape index (κ3) is 2.37. The second-order valence-corrected chi connectivity index (χ2v) is 5.92. The zero-order chi connectivity index (χ0) is 14.2. The van der Waals surface area contributed by atoms with Crippen LogP contribution in [0.3, 0.4) is 0 Å². The van der Waals surface area contributed by atoms with Crippen LogP contribution >= 0.6 is 11.6 Å². The van der Waals surface area contributed by atoms with Gasteiger partial charge in [0.1, 0.15) is 5.75 Å². The van der Waals surface area contributed by atoms with E-state index in [1.807, 2.05) is 36.4 Å². The fraction of sp³-hybridized carbons (Fsp3) is 0.294. The van der Waals surface area contributed by atoms with Crippen LogP contribution in [0.1, 0.15) is 18.0 Å². The van der Waals surface area contributed by atoms with E-state index in [4.69, 9.17) is 21.1 Å². The molecule has 108 valence electrons. The zero-order valence-electron chi connectivity index (χ0n) is 11.5. The lowest BCUT2D eigenvalue weighted by Gasteiger charge is -2.36. The van der Waals surface area contributed by atoms with Gasteiger partial charge in [0, 0.05) is 22.2 Å². The van der Waals surface area contributed by atoms with Crippen molar-refractivity contribution in [3.63, 3.8) is 0 Å². The van der Waals surface area contributed by atoms with Crippen molar-refractivity contribution in [2.24, 2.45) is 5.92 Å². The Kier molecular flexibility index (Phi) is 3.24. The van der Waals surface area contributed by atoms with Crippen molar-refractivity contribution in [1.29, 1.82) is 0 Å². The van der Waals surface area contributed by atoms with Crippen molar-refractivity contribution >= 4 is 17.3 Å².